The van der Waals surface area contributed by atoms with E-state index in [0.29, 0.717) is 13.0 Å². The van der Waals surface area contributed by atoms with Gasteiger partial charge in [-0.3, -0.25) is 4.79 Å². The Hall–Kier alpha value is -1.13. The molecule has 1 aliphatic carbocycles. The predicted octanol–water partition coefficient (Wildman–Crippen LogP) is -7.14. The fourth-order valence-electron chi connectivity index (χ4n) is 5.97. The summed E-state index contributed by atoms with van der Waals surface area (Å²) in [6.07, 6.45) is -11.6. The molecule has 3 rings (SSSR count). The van der Waals surface area contributed by atoms with Crippen molar-refractivity contribution in [3.63, 3.8) is 0 Å². The topological polar surface area (TPSA) is 315 Å². The molecule has 0 aromatic carbocycles. The third-order valence-corrected chi connectivity index (χ3v) is 8.38. The molecule has 42 heavy (non-hydrogen) atoms. The summed E-state index contributed by atoms with van der Waals surface area (Å²) in [4.78, 5) is 12.7. The summed E-state index contributed by atoms with van der Waals surface area (Å²) in [6.45, 7) is 0.169. The highest BCUT2D eigenvalue weighted by atomic mass is 16.7. The maximum atomic E-state index is 12.7. The van der Waals surface area contributed by atoms with Crippen LogP contribution < -0.4 is 33.6 Å². The maximum absolute atomic E-state index is 12.7. The Morgan fingerprint density at radius 3 is 2.33 bits per heavy atom. The summed E-state index contributed by atoms with van der Waals surface area (Å²) in [7, 11) is 0. The highest BCUT2D eigenvalue weighted by Gasteiger charge is 2.53. The van der Waals surface area contributed by atoms with Crippen LogP contribution in [0, 0.1) is 5.92 Å². The van der Waals surface area contributed by atoms with Gasteiger partial charge in [-0.1, -0.05) is 0 Å². The number of carbonyl (C=O) groups excluding carboxylic acids is 1. The van der Waals surface area contributed by atoms with Gasteiger partial charge in [0, 0.05) is 31.2 Å². The number of carbonyl (C=O) groups is 1. The van der Waals surface area contributed by atoms with Gasteiger partial charge in [-0.15, -0.1) is 0 Å². The minimum Gasteiger partial charge on any atom is -0.396 e. The molecule has 0 spiro atoms. The van der Waals surface area contributed by atoms with Crippen LogP contribution in [0.15, 0.2) is 0 Å². The second-order valence-corrected chi connectivity index (χ2v) is 11.4. The van der Waals surface area contributed by atoms with Crippen molar-refractivity contribution in [2.45, 2.75) is 111 Å². The quantitative estimate of drug-likeness (QED) is 0.0861. The van der Waals surface area contributed by atoms with Gasteiger partial charge < -0.3 is 83.5 Å². The Bertz CT molecular complexity index is 834. The summed E-state index contributed by atoms with van der Waals surface area (Å²) in [5.74, 6) is -1.64. The number of aliphatic hydroxyl groups is 7. The van der Waals surface area contributed by atoms with Crippen LogP contribution in [0.5, 0.6) is 0 Å². The van der Waals surface area contributed by atoms with E-state index in [1.54, 1.807) is 0 Å². The molecule has 1 unspecified atom stereocenters. The molecule has 3 fully saturated rings. The number of aliphatic hydroxyl groups excluding tert-OH is 7. The number of nitrogens with two attached hydrogens (primary N) is 4. The zero-order chi connectivity index (χ0) is 31.1. The average molecular weight is 611 g/mol. The second-order valence-electron chi connectivity index (χ2n) is 11.4. The normalized spacial score (nSPS) is 43.6. The van der Waals surface area contributed by atoms with E-state index in [4.69, 9.17) is 42.3 Å². The van der Waals surface area contributed by atoms with Crippen molar-refractivity contribution in [2.75, 3.05) is 32.8 Å². The number of ether oxygens (including phenoxy) is 3. The highest BCUT2D eigenvalue weighted by molar-refractivity contribution is 5.80. The van der Waals surface area contributed by atoms with Crippen molar-refractivity contribution in [1.29, 1.82) is 0 Å². The van der Waals surface area contributed by atoms with Gasteiger partial charge in [0.2, 0.25) is 5.91 Å². The molecule has 15 atom stereocenters. The minimum atomic E-state index is -1.57. The summed E-state index contributed by atoms with van der Waals surface area (Å²) >= 11 is 0. The number of nitrogens with one attached hydrogen (secondary N) is 2. The van der Waals surface area contributed by atoms with Crippen LogP contribution in [0.4, 0.5) is 0 Å². The summed E-state index contributed by atoms with van der Waals surface area (Å²) < 4.78 is 17.8. The van der Waals surface area contributed by atoms with Gasteiger partial charge in [-0.25, -0.2) is 0 Å². The molecule has 2 saturated heterocycles. The third kappa shape index (κ3) is 8.32. The lowest BCUT2D eigenvalue weighted by atomic mass is 9.72. The average Bonchev–Trinajstić information content (AvgIpc) is 2.94. The van der Waals surface area contributed by atoms with Crippen molar-refractivity contribution in [3.8, 4) is 0 Å². The molecule has 2 heterocycles. The molecule has 0 radical (unpaired) electrons. The van der Waals surface area contributed by atoms with Gasteiger partial charge in [0.05, 0.1) is 43.1 Å². The van der Waals surface area contributed by atoms with Crippen molar-refractivity contribution in [1.82, 2.24) is 10.6 Å². The van der Waals surface area contributed by atoms with E-state index in [-0.39, 0.29) is 39.0 Å². The van der Waals surface area contributed by atoms with Crippen LogP contribution in [0.2, 0.25) is 0 Å². The monoisotopic (exact) mass is 610 g/mol. The molecule has 1 amide bonds. The largest absolute Gasteiger partial charge is 0.396 e. The van der Waals surface area contributed by atoms with Crippen LogP contribution in [0.25, 0.3) is 0 Å². The molecular formula is C25H50N6O11. The first-order valence-corrected chi connectivity index (χ1v) is 14.5. The zero-order valence-corrected chi connectivity index (χ0v) is 23.6. The van der Waals surface area contributed by atoms with E-state index in [1.165, 1.54) is 0 Å². The molecular weight excluding hydrogens is 560 g/mol. The molecule has 3 aliphatic rings. The van der Waals surface area contributed by atoms with Crippen LogP contribution in [-0.2, 0) is 19.0 Å². The first kappa shape index (κ1) is 35.4. The molecule has 17 heteroatoms. The Morgan fingerprint density at radius 2 is 1.69 bits per heavy atom. The van der Waals surface area contributed by atoms with E-state index in [2.05, 4.69) is 10.6 Å². The summed E-state index contributed by atoms with van der Waals surface area (Å²) in [5, 5.41) is 77.8. The first-order chi connectivity index (χ1) is 19.9. The Morgan fingerprint density at radius 1 is 0.976 bits per heavy atom. The smallest absolute Gasteiger partial charge is 0.249 e. The van der Waals surface area contributed by atoms with Crippen molar-refractivity contribution < 1.29 is 54.8 Å². The molecule has 2 aliphatic heterocycles. The van der Waals surface area contributed by atoms with Gasteiger partial charge in [0.1, 0.15) is 30.5 Å². The Labute approximate surface area is 244 Å². The Kier molecular flexibility index (Phi) is 13.7. The van der Waals surface area contributed by atoms with Crippen molar-refractivity contribution >= 4 is 5.91 Å². The van der Waals surface area contributed by atoms with E-state index in [0.717, 1.165) is 0 Å². The van der Waals surface area contributed by atoms with E-state index in [1.807, 2.05) is 0 Å². The number of amides is 1. The fraction of sp³-hybridized carbons (Fsp3) is 0.960. The standard InChI is InChI=1S/C25H50N6O11/c26-3-2-13(34)24(39)31-12-6-10(27)17(22-11(28)7-14(35)15(40-22)8-30-4-1-5-32)20(37)23(12)42-25-21(38)18(29)19(36)16(9-33)41-25/h10-23,25,30,32-38H,1-9,26-29H2,(H,31,39)/t10-,11+,12+,13-,14-,15+,16+,17?,18-,19+,20-,21+,22-,23-,25+/m0/s1. The molecule has 0 aromatic heterocycles. The lowest BCUT2D eigenvalue weighted by Gasteiger charge is -2.51. The van der Waals surface area contributed by atoms with E-state index in [9.17, 15) is 35.4 Å². The Balaban J connectivity index is 1.85. The van der Waals surface area contributed by atoms with Crippen molar-refractivity contribution in [2.24, 2.45) is 28.9 Å². The molecule has 246 valence electrons. The summed E-state index contributed by atoms with van der Waals surface area (Å²) in [6, 6.07) is -3.76. The SMILES string of the molecule is NCC[C@H](O)C(=O)N[C@@H]1C[C@H](N)C([C@H]2O[C@H](CNCCCO)[C@@H](O)C[C@H]2N)[C@H](O)[C@H]1O[C@H]1O[C@H](CO)[C@@H](O)[C@H](N)[C@H]1O. The van der Waals surface area contributed by atoms with Crippen molar-refractivity contribution in [3.05, 3.63) is 0 Å². The third-order valence-electron chi connectivity index (χ3n) is 8.38. The molecule has 17 N–H and O–H groups in total. The summed E-state index contributed by atoms with van der Waals surface area (Å²) in [5.41, 5.74) is 24.3. The van der Waals surface area contributed by atoms with Crippen LogP contribution in [-0.4, -0.2) is 160 Å². The van der Waals surface area contributed by atoms with Gasteiger partial charge in [-0.05, 0) is 38.8 Å². The second kappa shape index (κ2) is 16.3. The molecule has 0 bridgehead atoms. The number of rotatable bonds is 13. The zero-order valence-electron chi connectivity index (χ0n) is 23.6. The lowest BCUT2D eigenvalue weighted by Crippen LogP contribution is -2.70. The maximum Gasteiger partial charge on any atom is 0.249 e. The first-order valence-electron chi connectivity index (χ1n) is 14.5. The van der Waals surface area contributed by atoms with E-state index >= 15 is 0 Å². The van der Waals surface area contributed by atoms with E-state index < -0.39 is 104 Å². The number of hydrogen-bond donors (Lipinski definition) is 13. The molecule has 17 nitrogen and oxygen atoms in total. The van der Waals surface area contributed by atoms with Gasteiger partial charge >= 0.3 is 0 Å². The lowest BCUT2D eigenvalue weighted by molar-refractivity contribution is -0.306. The van der Waals surface area contributed by atoms with Gasteiger partial charge in [0.15, 0.2) is 6.29 Å². The minimum absolute atomic E-state index is 0.00234. The highest BCUT2D eigenvalue weighted by Crippen LogP contribution is 2.36. The van der Waals surface area contributed by atoms with Crippen LogP contribution >= 0.6 is 0 Å². The van der Waals surface area contributed by atoms with Crippen LogP contribution in [0.1, 0.15) is 25.7 Å². The molecule has 1 saturated carbocycles. The number of hydrogen-bond acceptors (Lipinski definition) is 16. The van der Waals surface area contributed by atoms with Gasteiger partial charge in [0.25, 0.3) is 0 Å². The molecule has 0 aromatic rings. The van der Waals surface area contributed by atoms with Gasteiger partial charge in [-0.2, -0.15) is 0 Å². The predicted molar refractivity (Wildman–Crippen MR) is 146 cm³/mol. The van der Waals surface area contributed by atoms with Crippen LogP contribution in [0.3, 0.4) is 0 Å². The fourth-order valence-corrected chi connectivity index (χ4v) is 5.97.